The molecule has 0 bridgehead atoms. The van der Waals surface area contributed by atoms with Crippen molar-refractivity contribution < 1.29 is 8.42 Å². The normalized spacial score (nSPS) is 19.9. The Morgan fingerprint density at radius 1 is 1.38 bits per heavy atom. The fourth-order valence-corrected chi connectivity index (χ4v) is 3.52. The number of hydrogen-bond donors (Lipinski definition) is 2. The first-order chi connectivity index (χ1) is 9.81. The van der Waals surface area contributed by atoms with Crippen molar-refractivity contribution in [2.24, 2.45) is 5.14 Å². The van der Waals surface area contributed by atoms with Gasteiger partial charge in [0.1, 0.15) is 0 Å². The summed E-state index contributed by atoms with van der Waals surface area (Å²) in [5.41, 5.74) is 6.98. The Morgan fingerprint density at radius 3 is 2.71 bits per heavy atom. The van der Waals surface area contributed by atoms with E-state index in [0.29, 0.717) is 11.7 Å². The van der Waals surface area contributed by atoms with Gasteiger partial charge < -0.3 is 10.6 Å². The fourth-order valence-electron chi connectivity index (χ4n) is 2.93. The predicted octanol–water partition coefficient (Wildman–Crippen LogP) is 0.837. The fraction of sp³-hybridized carbons (Fsp3) is 0.571. The van der Waals surface area contributed by atoms with Crippen molar-refractivity contribution in [1.29, 1.82) is 0 Å². The first-order valence-electron chi connectivity index (χ1n) is 7.20. The second-order valence-corrected chi connectivity index (χ2v) is 7.17. The molecule has 0 radical (unpaired) electrons. The van der Waals surface area contributed by atoms with Crippen molar-refractivity contribution in [2.75, 3.05) is 37.3 Å². The zero-order valence-corrected chi connectivity index (χ0v) is 13.4. The molecule has 4 N–H and O–H groups in total. The lowest BCUT2D eigenvalue weighted by Crippen LogP contribution is -2.38. The summed E-state index contributed by atoms with van der Waals surface area (Å²) in [4.78, 5) is 4.55. The van der Waals surface area contributed by atoms with Crippen molar-refractivity contribution in [3.8, 4) is 0 Å². The van der Waals surface area contributed by atoms with Crippen LogP contribution in [0.3, 0.4) is 0 Å². The summed E-state index contributed by atoms with van der Waals surface area (Å²) in [6.07, 6.45) is 2.38. The van der Waals surface area contributed by atoms with Crippen LogP contribution in [-0.4, -0.2) is 46.0 Å². The van der Waals surface area contributed by atoms with Gasteiger partial charge in [0.2, 0.25) is 10.0 Å². The molecular weight excluding hydrogens is 288 g/mol. The van der Waals surface area contributed by atoms with Crippen LogP contribution in [-0.2, 0) is 10.0 Å². The minimum Gasteiger partial charge on any atom is -0.399 e. The first-order valence-corrected chi connectivity index (χ1v) is 8.74. The van der Waals surface area contributed by atoms with E-state index in [4.69, 9.17) is 10.9 Å². The quantitative estimate of drug-likeness (QED) is 0.786. The topological polar surface area (TPSA) is 92.7 Å². The standard InChI is InChI=1S/C14H24N4O2S/c1-3-18-6-4-5-12(18)10-17(2)13-7-11(15)8-14(9-13)21(16,19)20/h7-9,12H,3-6,10,15H2,1-2H3,(H2,16,19,20). The van der Waals surface area contributed by atoms with Crippen LogP contribution in [0.2, 0.25) is 0 Å². The summed E-state index contributed by atoms with van der Waals surface area (Å²) in [5.74, 6) is 0. The van der Waals surface area contributed by atoms with Gasteiger partial charge in [-0.25, -0.2) is 13.6 Å². The molecule has 2 rings (SSSR count). The monoisotopic (exact) mass is 312 g/mol. The highest BCUT2D eigenvalue weighted by Gasteiger charge is 2.24. The number of hydrogen-bond acceptors (Lipinski definition) is 5. The van der Waals surface area contributed by atoms with Crippen LogP contribution in [0.4, 0.5) is 11.4 Å². The van der Waals surface area contributed by atoms with E-state index in [1.165, 1.54) is 18.9 Å². The molecule has 1 heterocycles. The Labute approximate surface area is 126 Å². The third kappa shape index (κ3) is 3.87. The molecule has 0 spiro atoms. The van der Waals surface area contributed by atoms with Gasteiger partial charge in [0.05, 0.1) is 4.90 Å². The molecule has 1 atom stereocenters. The molecule has 1 fully saturated rings. The maximum atomic E-state index is 11.5. The van der Waals surface area contributed by atoms with Gasteiger partial charge in [-0.05, 0) is 44.1 Å². The van der Waals surface area contributed by atoms with E-state index in [1.807, 2.05) is 11.9 Å². The molecule has 0 amide bonds. The van der Waals surface area contributed by atoms with E-state index in [2.05, 4.69) is 11.8 Å². The number of likely N-dealkylation sites (N-methyl/N-ethyl adjacent to an activating group) is 2. The summed E-state index contributed by atoms with van der Waals surface area (Å²) in [5, 5.41) is 5.19. The molecule has 1 aliphatic heterocycles. The molecular formula is C14H24N4O2S. The van der Waals surface area contributed by atoms with Crippen molar-refractivity contribution in [2.45, 2.75) is 30.7 Å². The molecule has 0 aliphatic carbocycles. The summed E-state index contributed by atoms with van der Waals surface area (Å²) in [7, 11) is -1.79. The van der Waals surface area contributed by atoms with E-state index in [9.17, 15) is 8.42 Å². The Kier molecular flexibility index (Phi) is 4.75. The molecule has 21 heavy (non-hydrogen) atoms. The van der Waals surface area contributed by atoms with Crippen LogP contribution in [0, 0.1) is 0 Å². The Hall–Kier alpha value is -1.31. The lowest BCUT2D eigenvalue weighted by molar-refractivity contribution is 0.270. The predicted molar refractivity (Wildman–Crippen MR) is 85.8 cm³/mol. The van der Waals surface area contributed by atoms with Crippen molar-refractivity contribution >= 4 is 21.4 Å². The van der Waals surface area contributed by atoms with Crippen LogP contribution in [0.15, 0.2) is 23.1 Å². The molecule has 1 aromatic rings. The van der Waals surface area contributed by atoms with Gasteiger partial charge in [-0.3, -0.25) is 4.90 Å². The molecule has 1 aliphatic rings. The number of nitrogens with two attached hydrogens (primary N) is 2. The van der Waals surface area contributed by atoms with Crippen molar-refractivity contribution in [3.63, 3.8) is 0 Å². The number of nitrogens with zero attached hydrogens (tertiary/aromatic N) is 2. The molecule has 1 aromatic carbocycles. The highest BCUT2D eigenvalue weighted by atomic mass is 32.2. The minimum atomic E-state index is -3.74. The lowest BCUT2D eigenvalue weighted by Gasteiger charge is -2.29. The van der Waals surface area contributed by atoms with Crippen molar-refractivity contribution in [3.05, 3.63) is 18.2 Å². The third-order valence-electron chi connectivity index (χ3n) is 4.07. The van der Waals surface area contributed by atoms with E-state index >= 15 is 0 Å². The summed E-state index contributed by atoms with van der Waals surface area (Å²) < 4.78 is 23.0. The minimum absolute atomic E-state index is 0.0584. The molecule has 0 aromatic heterocycles. The number of sulfonamides is 1. The molecule has 1 unspecified atom stereocenters. The van der Waals surface area contributed by atoms with Gasteiger partial charge in [0, 0.05) is 31.0 Å². The number of anilines is 2. The van der Waals surface area contributed by atoms with E-state index < -0.39 is 10.0 Å². The van der Waals surface area contributed by atoms with Gasteiger partial charge >= 0.3 is 0 Å². The number of primary sulfonamides is 1. The van der Waals surface area contributed by atoms with E-state index in [1.54, 1.807) is 12.1 Å². The number of rotatable bonds is 5. The first kappa shape index (κ1) is 16.1. The number of likely N-dealkylation sites (tertiary alicyclic amines) is 1. The molecule has 0 saturated carbocycles. The maximum absolute atomic E-state index is 11.5. The molecule has 118 valence electrons. The van der Waals surface area contributed by atoms with Gasteiger partial charge in [-0.2, -0.15) is 0 Å². The number of benzene rings is 1. The Bertz CT molecular complexity index is 603. The van der Waals surface area contributed by atoms with Crippen LogP contribution in [0.5, 0.6) is 0 Å². The largest absolute Gasteiger partial charge is 0.399 e. The zero-order valence-electron chi connectivity index (χ0n) is 12.6. The average molecular weight is 312 g/mol. The van der Waals surface area contributed by atoms with Gasteiger partial charge in [-0.15, -0.1) is 0 Å². The van der Waals surface area contributed by atoms with Crippen LogP contribution < -0.4 is 15.8 Å². The third-order valence-corrected chi connectivity index (χ3v) is 4.97. The van der Waals surface area contributed by atoms with Gasteiger partial charge in [-0.1, -0.05) is 6.92 Å². The van der Waals surface area contributed by atoms with Crippen LogP contribution in [0.25, 0.3) is 0 Å². The highest BCUT2D eigenvalue weighted by Crippen LogP contribution is 2.24. The van der Waals surface area contributed by atoms with E-state index in [-0.39, 0.29) is 4.90 Å². The SMILES string of the molecule is CCN1CCCC1CN(C)c1cc(N)cc(S(N)(=O)=O)c1. The maximum Gasteiger partial charge on any atom is 0.238 e. The molecule has 1 saturated heterocycles. The average Bonchev–Trinajstić information content (AvgIpc) is 2.84. The Morgan fingerprint density at radius 2 is 2.10 bits per heavy atom. The van der Waals surface area contributed by atoms with E-state index in [0.717, 1.165) is 25.3 Å². The van der Waals surface area contributed by atoms with Crippen LogP contribution in [0.1, 0.15) is 19.8 Å². The lowest BCUT2D eigenvalue weighted by atomic mass is 10.2. The van der Waals surface area contributed by atoms with Crippen molar-refractivity contribution in [1.82, 2.24) is 4.90 Å². The van der Waals surface area contributed by atoms with Gasteiger partial charge in [0.15, 0.2) is 0 Å². The highest BCUT2D eigenvalue weighted by molar-refractivity contribution is 7.89. The summed E-state index contributed by atoms with van der Waals surface area (Å²) in [6.45, 7) is 5.19. The zero-order chi connectivity index (χ0) is 15.6. The molecule has 6 nitrogen and oxygen atoms in total. The summed E-state index contributed by atoms with van der Waals surface area (Å²) >= 11 is 0. The second-order valence-electron chi connectivity index (χ2n) is 5.61. The van der Waals surface area contributed by atoms with Gasteiger partial charge in [0.25, 0.3) is 0 Å². The smallest absolute Gasteiger partial charge is 0.238 e. The summed E-state index contributed by atoms with van der Waals surface area (Å²) in [6, 6.07) is 5.25. The second kappa shape index (κ2) is 6.21. The number of nitrogen functional groups attached to an aromatic ring is 1. The molecule has 7 heteroatoms. The van der Waals surface area contributed by atoms with Crippen LogP contribution >= 0.6 is 0 Å². The Balaban J connectivity index is 2.19.